The number of rotatable bonds is 17. The third kappa shape index (κ3) is 7.96. The van der Waals surface area contributed by atoms with Crippen molar-refractivity contribution in [2.24, 2.45) is 23.7 Å². The monoisotopic (exact) mass is 692 g/mol. The van der Waals surface area contributed by atoms with E-state index in [4.69, 9.17) is 18.8 Å². The smallest absolute Gasteiger partial charge is 0.494 e. The van der Waals surface area contributed by atoms with E-state index in [0.29, 0.717) is 25.0 Å². The fourth-order valence-corrected chi connectivity index (χ4v) is 8.51. The van der Waals surface area contributed by atoms with Crippen LogP contribution in [-0.2, 0) is 9.31 Å². The third-order valence-corrected chi connectivity index (χ3v) is 12.4. The van der Waals surface area contributed by atoms with Crippen molar-refractivity contribution in [3.05, 3.63) is 88.0 Å². The molecule has 0 amide bonds. The first-order valence-corrected chi connectivity index (χ1v) is 20.3. The van der Waals surface area contributed by atoms with Crippen LogP contribution >= 0.6 is 0 Å². The Morgan fingerprint density at radius 3 is 1.47 bits per heavy atom. The lowest BCUT2D eigenvalue weighted by Gasteiger charge is -2.44. The summed E-state index contributed by atoms with van der Waals surface area (Å²) in [5.74, 6) is 4.74. The molecule has 4 nitrogen and oxygen atoms in total. The first-order chi connectivity index (χ1) is 24.3. The Morgan fingerprint density at radius 1 is 0.588 bits per heavy atom. The molecule has 0 aromatic heterocycles. The Bertz CT molecular complexity index is 1580. The summed E-state index contributed by atoms with van der Waals surface area (Å²) in [5, 5.41) is 0. The zero-order valence-corrected chi connectivity index (χ0v) is 33.4. The SMILES string of the molecule is CC(C)CCC[C@H](C)CCOc1cc(B2OC(C)(C)C(C)(C)O2)c(OCC[C@@H](C)CCCC(C)C)c2c1C1c3ccccc3C2c2ccccc21. The molecule has 3 aromatic rings. The van der Waals surface area contributed by atoms with Gasteiger partial charge >= 0.3 is 7.12 Å². The molecule has 0 radical (unpaired) electrons. The van der Waals surface area contributed by atoms with Gasteiger partial charge in [-0.3, -0.25) is 0 Å². The molecule has 1 fully saturated rings. The van der Waals surface area contributed by atoms with Gasteiger partial charge in [0.2, 0.25) is 0 Å². The summed E-state index contributed by atoms with van der Waals surface area (Å²) in [4.78, 5) is 0. The van der Waals surface area contributed by atoms with Crippen molar-refractivity contribution in [3.8, 4) is 11.5 Å². The lowest BCUT2D eigenvalue weighted by molar-refractivity contribution is 0.00578. The minimum atomic E-state index is -0.554. The van der Waals surface area contributed by atoms with Crippen molar-refractivity contribution in [1.29, 1.82) is 0 Å². The highest BCUT2D eigenvalue weighted by molar-refractivity contribution is 6.63. The van der Waals surface area contributed by atoms with Gasteiger partial charge in [-0.1, -0.05) is 129 Å². The molecule has 2 bridgehead atoms. The summed E-state index contributed by atoms with van der Waals surface area (Å²) in [6, 6.07) is 20.3. The second kappa shape index (κ2) is 15.7. The zero-order chi connectivity index (χ0) is 36.5. The lowest BCUT2D eigenvalue weighted by atomic mass is 9.59. The highest BCUT2D eigenvalue weighted by Crippen LogP contribution is 2.60. The molecule has 1 aliphatic heterocycles. The molecular formula is C46H65BO4. The normalized spacial score (nSPS) is 20.7. The van der Waals surface area contributed by atoms with Crippen molar-refractivity contribution in [2.45, 2.75) is 144 Å². The number of ether oxygens (including phenoxy) is 2. The van der Waals surface area contributed by atoms with E-state index >= 15 is 0 Å². The van der Waals surface area contributed by atoms with E-state index < -0.39 is 18.3 Å². The Hall–Kier alpha value is -2.76. The molecule has 0 saturated carbocycles. The fourth-order valence-electron chi connectivity index (χ4n) is 8.51. The molecular weight excluding hydrogens is 627 g/mol. The maximum Gasteiger partial charge on any atom is 0.498 e. The Kier molecular flexibility index (Phi) is 11.7. The molecule has 3 aromatic carbocycles. The molecule has 5 heteroatoms. The van der Waals surface area contributed by atoms with Crippen molar-refractivity contribution in [3.63, 3.8) is 0 Å². The van der Waals surface area contributed by atoms with Gasteiger partial charge in [0.25, 0.3) is 0 Å². The van der Waals surface area contributed by atoms with Gasteiger partial charge in [0.1, 0.15) is 11.5 Å². The molecule has 1 heterocycles. The molecule has 1 saturated heterocycles. The van der Waals surface area contributed by atoms with Crippen LogP contribution in [0.5, 0.6) is 11.5 Å². The van der Waals surface area contributed by atoms with Crippen LogP contribution in [0.15, 0.2) is 54.6 Å². The van der Waals surface area contributed by atoms with E-state index in [9.17, 15) is 0 Å². The summed E-state index contributed by atoms with van der Waals surface area (Å²) in [5.41, 5.74) is 8.04. The van der Waals surface area contributed by atoms with Crippen LogP contribution in [0, 0.1) is 23.7 Å². The standard InChI is InChI=1S/C46H65BO4/c1-30(2)17-15-19-32(5)25-27-48-39-29-38(47-50-45(7,8)46(9,10)51-47)44(49-28-26-33(6)20-16-18-31(3)4)43-41-36-23-13-11-21-34(36)40(42(39)43)35-22-12-14-24-37(35)41/h11-14,21-24,29-33,40-41H,15-20,25-28H2,1-10H3/t32-,33-,40?,41?/m0/s1. The summed E-state index contributed by atoms with van der Waals surface area (Å²) in [6.45, 7) is 23.9. The predicted molar refractivity (Wildman–Crippen MR) is 213 cm³/mol. The summed E-state index contributed by atoms with van der Waals surface area (Å²) >= 11 is 0. The van der Waals surface area contributed by atoms with Gasteiger partial charge in [-0.2, -0.15) is 0 Å². The van der Waals surface area contributed by atoms with Crippen LogP contribution in [0.2, 0.25) is 0 Å². The molecule has 7 rings (SSSR count). The largest absolute Gasteiger partial charge is 0.498 e. The number of hydrogen-bond donors (Lipinski definition) is 0. The second-order valence-electron chi connectivity index (χ2n) is 18.0. The van der Waals surface area contributed by atoms with Crippen LogP contribution in [0.1, 0.15) is 166 Å². The molecule has 276 valence electrons. The van der Waals surface area contributed by atoms with Crippen molar-refractivity contribution in [2.75, 3.05) is 13.2 Å². The highest BCUT2D eigenvalue weighted by Gasteiger charge is 2.54. The quantitative estimate of drug-likeness (QED) is 0.0909. The molecule has 0 unspecified atom stereocenters. The van der Waals surface area contributed by atoms with Gasteiger partial charge in [-0.25, -0.2) is 0 Å². The summed E-state index contributed by atoms with van der Waals surface area (Å²) < 4.78 is 27.7. The van der Waals surface area contributed by atoms with E-state index in [2.05, 4.69) is 124 Å². The minimum Gasteiger partial charge on any atom is -0.494 e. The van der Waals surface area contributed by atoms with Crippen LogP contribution in [0.4, 0.5) is 0 Å². The van der Waals surface area contributed by atoms with Gasteiger partial charge in [0, 0.05) is 28.4 Å². The van der Waals surface area contributed by atoms with Gasteiger partial charge in [-0.15, -0.1) is 0 Å². The zero-order valence-electron chi connectivity index (χ0n) is 33.4. The Morgan fingerprint density at radius 2 is 1.02 bits per heavy atom. The van der Waals surface area contributed by atoms with Crippen LogP contribution < -0.4 is 14.9 Å². The van der Waals surface area contributed by atoms with Crippen molar-refractivity contribution in [1.82, 2.24) is 0 Å². The first-order valence-electron chi connectivity index (χ1n) is 20.3. The summed E-state index contributed by atoms with van der Waals surface area (Å²) in [6.07, 6.45) is 9.65. The molecule has 4 aliphatic rings. The summed E-state index contributed by atoms with van der Waals surface area (Å²) in [7, 11) is -0.554. The number of hydrogen-bond acceptors (Lipinski definition) is 4. The van der Waals surface area contributed by atoms with Gasteiger partial charge in [0.15, 0.2) is 0 Å². The van der Waals surface area contributed by atoms with E-state index in [0.717, 1.165) is 41.6 Å². The number of benzene rings is 3. The molecule has 0 spiro atoms. The van der Waals surface area contributed by atoms with Gasteiger partial charge < -0.3 is 18.8 Å². The Labute approximate surface area is 310 Å². The van der Waals surface area contributed by atoms with Gasteiger partial charge in [0.05, 0.1) is 24.4 Å². The third-order valence-electron chi connectivity index (χ3n) is 12.4. The van der Waals surface area contributed by atoms with Crippen LogP contribution in [0.3, 0.4) is 0 Å². The van der Waals surface area contributed by atoms with E-state index in [1.165, 1.54) is 71.9 Å². The van der Waals surface area contributed by atoms with E-state index in [1.807, 2.05) is 0 Å². The van der Waals surface area contributed by atoms with Crippen molar-refractivity contribution < 1.29 is 18.8 Å². The van der Waals surface area contributed by atoms with Crippen LogP contribution in [0.25, 0.3) is 0 Å². The van der Waals surface area contributed by atoms with Crippen molar-refractivity contribution >= 4 is 12.6 Å². The second-order valence-corrected chi connectivity index (χ2v) is 18.0. The molecule has 3 aliphatic carbocycles. The Balaban J connectivity index is 1.42. The maximum absolute atomic E-state index is 7.11. The molecule has 2 atom stereocenters. The van der Waals surface area contributed by atoms with Crippen LogP contribution in [-0.4, -0.2) is 31.5 Å². The maximum atomic E-state index is 7.11. The average molecular weight is 693 g/mol. The molecule has 0 N–H and O–H groups in total. The van der Waals surface area contributed by atoms with E-state index in [1.54, 1.807) is 0 Å². The predicted octanol–water partition coefficient (Wildman–Crippen LogP) is 11.4. The first kappa shape index (κ1) is 38.0. The minimum absolute atomic E-state index is 0.0514. The topological polar surface area (TPSA) is 36.9 Å². The fraction of sp³-hybridized carbons (Fsp3) is 0.609. The highest BCUT2D eigenvalue weighted by atomic mass is 16.7. The average Bonchev–Trinajstić information content (AvgIpc) is 3.30. The van der Waals surface area contributed by atoms with Gasteiger partial charge in [-0.05, 0) is 92.5 Å². The van der Waals surface area contributed by atoms with E-state index in [-0.39, 0.29) is 11.8 Å². The lowest BCUT2D eigenvalue weighted by Crippen LogP contribution is -2.41. The molecule has 51 heavy (non-hydrogen) atoms.